The van der Waals surface area contributed by atoms with Gasteiger partial charge in [0, 0.05) is 19.6 Å². The molecule has 0 aromatic heterocycles. The molecule has 1 aliphatic heterocycles. The van der Waals surface area contributed by atoms with Crippen LogP contribution < -0.4 is 10.5 Å². The molecule has 1 saturated heterocycles. The fourth-order valence-electron chi connectivity index (χ4n) is 2.00. The van der Waals surface area contributed by atoms with Gasteiger partial charge < -0.3 is 15.6 Å². The van der Waals surface area contributed by atoms with Crippen molar-refractivity contribution < 1.29 is 22.7 Å². The maximum Gasteiger partial charge on any atom is 0.241 e. The normalized spacial score (nSPS) is 23.1. The molecule has 1 atom stereocenters. The van der Waals surface area contributed by atoms with Crippen LogP contribution in [0, 0.1) is 12.7 Å². The van der Waals surface area contributed by atoms with Crippen LogP contribution in [0.2, 0.25) is 0 Å². The summed E-state index contributed by atoms with van der Waals surface area (Å²) in [4.78, 5) is -0.0982. The first-order chi connectivity index (χ1) is 9.23. The number of ether oxygens (including phenoxy) is 1. The van der Waals surface area contributed by atoms with Crippen LogP contribution in [0.4, 0.5) is 10.1 Å². The highest BCUT2D eigenvalue weighted by Crippen LogP contribution is 2.23. The molecular weight excluding hydrogens is 287 g/mol. The van der Waals surface area contributed by atoms with Crippen LogP contribution in [0.15, 0.2) is 17.0 Å². The van der Waals surface area contributed by atoms with Crippen LogP contribution in [0.5, 0.6) is 0 Å². The Kier molecular flexibility index (Phi) is 4.01. The Hall–Kier alpha value is -1.22. The van der Waals surface area contributed by atoms with Crippen molar-refractivity contribution in [1.82, 2.24) is 4.72 Å². The number of aryl methyl sites for hydroxylation is 1. The fourth-order valence-corrected chi connectivity index (χ4v) is 3.38. The average molecular weight is 304 g/mol. The van der Waals surface area contributed by atoms with Crippen LogP contribution >= 0.6 is 0 Å². The van der Waals surface area contributed by atoms with E-state index < -0.39 is 21.4 Å². The summed E-state index contributed by atoms with van der Waals surface area (Å²) in [5.74, 6) is -0.663. The topological polar surface area (TPSA) is 102 Å². The molecule has 1 fully saturated rings. The molecule has 1 heterocycles. The molecule has 6 nitrogen and oxygen atoms in total. The predicted molar refractivity (Wildman–Crippen MR) is 71.1 cm³/mol. The summed E-state index contributed by atoms with van der Waals surface area (Å²) < 4.78 is 44.9. The Morgan fingerprint density at radius 3 is 2.85 bits per heavy atom. The lowest BCUT2D eigenvalue weighted by Crippen LogP contribution is -2.43. The van der Waals surface area contributed by atoms with E-state index in [-0.39, 0.29) is 29.3 Å². The SMILES string of the molecule is Cc1cc(F)c(N)cc1S(=O)(=O)NCC1(O)CCOC1. The van der Waals surface area contributed by atoms with Crippen molar-refractivity contribution in [2.24, 2.45) is 0 Å². The van der Waals surface area contributed by atoms with Gasteiger partial charge in [-0.2, -0.15) is 0 Å². The van der Waals surface area contributed by atoms with Gasteiger partial charge in [0.05, 0.1) is 17.2 Å². The molecule has 20 heavy (non-hydrogen) atoms. The number of nitrogens with one attached hydrogen (secondary N) is 1. The first kappa shape index (κ1) is 15.2. The summed E-state index contributed by atoms with van der Waals surface area (Å²) in [6.45, 7) is 1.79. The van der Waals surface area contributed by atoms with E-state index in [0.717, 1.165) is 12.1 Å². The van der Waals surface area contributed by atoms with Crippen LogP contribution in [0.3, 0.4) is 0 Å². The molecule has 8 heteroatoms. The van der Waals surface area contributed by atoms with Gasteiger partial charge in [-0.1, -0.05) is 0 Å². The number of rotatable bonds is 4. The van der Waals surface area contributed by atoms with Crippen molar-refractivity contribution in [1.29, 1.82) is 0 Å². The lowest BCUT2D eigenvalue weighted by molar-refractivity contribution is 0.0314. The van der Waals surface area contributed by atoms with Gasteiger partial charge in [-0.15, -0.1) is 0 Å². The third-order valence-corrected chi connectivity index (χ3v) is 4.80. The Bertz CT molecular complexity index is 612. The molecule has 1 aromatic rings. The van der Waals surface area contributed by atoms with Crippen LogP contribution in [0.25, 0.3) is 0 Å². The highest BCUT2D eigenvalue weighted by Gasteiger charge is 2.34. The Labute approximate surface area is 116 Å². The molecule has 0 saturated carbocycles. The predicted octanol–water partition coefficient (Wildman–Crippen LogP) is 0.146. The number of hydrogen-bond donors (Lipinski definition) is 3. The summed E-state index contributed by atoms with van der Waals surface area (Å²) in [5.41, 5.74) is 4.20. The van der Waals surface area contributed by atoms with E-state index in [0.29, 0.717) is 13.0 Å². The smallest absolute Gasteiger partial charge is 0.241 e. The summed E-state index contributed by atoms with van der Waals surface area (Å²) in [6, 6.07) is 2.14. The largest absolute Gasteiger partial charge is 0.396 e. The molecule has 0 bridgehead atoms. The van der Waals surface area contributed by atoms with E-state index >= 15 is 0 Å². The second-order valence-corrected chi connectivity index (χ2v) is 6.73. The Morgan fingerprint density at radius 1 is 1.55 bits per heavy atom. The molecule has 112 valence electrons. The monoisotopic (exact) mass is 304 g/mol. The lowest BCUT2D eigenvalue weighted by Gasteiger charge is -2.21. The number of halogens is 1. The fraction of sp³-hybridized carbons (Fsp3) is 0.500. The van der Waals surface area contributed by atoms with Gasteiger partial charge in [-0.3, -0.25) is 0 Å². The maximum atomic E-state index is 13.2. The highest BCUT2D eigenvalue weighted by atomic mass is 32.2. The van der Waals surface area contributed by atoms with Crippen LogP contribution in [0.1, 0.15) is 12.0 Å². The van der Waals surface area contributed by atoms with Crippen LogP contribution in [-0.4, -0.2) is 38.9 Å². The first-order valence-corrected chi connectivity index (χ1v) is 7.57. The summed E-state index contributed by atoms with van der Waals surface area (Å²) in [6.07, 6.45) is 0.361. The molecule has 1 aromatic carbocycles. The average Bonchev–Trinajstić information content (AvgIpc) is 2.79. The first-order valence-electron chi connectivity index (χ1n) is 6.09. The maximum absolute atomic E-state index is 13.2. The molecule has 1 unspecified atom stereocenters. The Balaban J connectivity index is 2.20. The molecule has 0 radical (unpaired) electrons. The van der Waals surface area contributed by atoms with Crippen molar-refractivity contribution in [3.8, 4) is 0 Å². The number of aliphatic hydroxyl groups is 1. The van der Waals surface area contributed by atoms with Crippen molar-refractivity contribution in [2.45, 2.75) is 23.8 Å². The Morgan fingerprint density at radius 2 is 2.25 bits per heavy atom. The molecular formula is C12H17FN2O4S. The zero-order valence-corrected chi connectivity index (χ0v) is 11.8. The van der Waals surface area contributed by atoms with E-state index in [1.165, 1.54) is 6.92 Å². The zero-order chi connectivity index (χ0) is 15.0. The molecule has 1 aliphatic rings. The number of benzene rings is 1. The number of hydrogen-bond acceptors (Lipinski definition) is 5. The van der Waals surface area contributed by atoms with E-state index in [1.54, 1.807) is 0 Å². The van der Waals surface area contributed by atoms with Crippen molar-refractivity contribution in [2.75, 3.05) is 25.5 Å². The van der Waals surface area contributed by atoms with E-state index in [9.17, 15) is 17.9 Å². The van der Waals surface area contributed by atoms with Crippen molar-refractivity contribution in [3.05, 3.63) is 23.5 Å². The highest BCUT2D eigenvalue weighted by molar-refractivity contribution is 7.89. The summed E-state index contributed by atoms with van der Waals surface area (Å²) in [7, 11) is -3.87. The van der Waals surface area contributed by atoms with Gasteiger partial charge in [0.1, 0.15) is 11.4 Å². The number of nitrogen functional groups attached to an aromatic ring is 1. The minimum atomic E-state index is -3.87. The minimum absolute atomic E-state index is 0.0834. The second kappa shape index (κ2) is 5.28. The standard InChI is InChI=1S/C12H17FN2O4S/c1-8-4-9(13)10(14)5-11(8)20(17,18)15-6-12(16)2-3-19-7-12/h4-5,15-16H,2-3,6-7,14H2,1H3. The summed E-state index contributed by atoms with van der Waals surface area (Å²) in [5, 5.41) is 10.0. The van der Waals surface area contributed by atoms with E-state index in [4.69, 9.17) is 10.5 Å². The number of nitrogens with two attached hydrogens (primary N) is 1. The van der Waals surface area contributed by atoms with Gasteiger partial charge in [-0.05, 0) is 24.6 Å². The van der Waals surface area contributed by atoms with E-state index in [1.807, 2.05) is 0 Å². The molecule has 0 spiro atoms. The zero-order valence-electron chi connectivity index (χ0n) is 11.0. The molecule has 2 rings (SSSR count). The number of anilines is 1. The lowest BCUT2D eigenvalue weighted by atomic mass is 10.1. The molecule has 4 N–H and O–H groups in total. The molecule has 0 amide bonds. The third-order valence-electron chi connectivity index (χ3n) is 3.26. The van der Waals surface area contributed by atoms with Crippen LogP contribution in [-0.2, 0) is 14.8 Å². The van der Waals surface area contributed by atoms with E-state index in [2.05, 4.69) is 4.72 Å². The quantitative estimate of drug-likeness (QED) is 0.687. The van der Waals surface area contributed by atoms with Crippen molar-refractivity contribution >= 4 is 15.7 Å². The van der Waals surface area contributed by atoms with Gasteiger partial charge in [0.15, 0.2) is 0 Å². The summed E-state index contributed by atoms with van der Waals surface area (Å²) >= 11 is 0. The van der Waals surface area contributed by atoms with Gasteiger partial charge in [0.2, 0.25) is 10.0 Å². The van der Waals surface area contributed by atoms with Gasteiger partial charge in [-0.25, -0.2) is 17.5 Å². The number of sulfonamides is 1. The van der Waals surface area contributed by atoms with Gasteiger partial charge >= 0.3 is 0 Å². The molecule has 0 aliphatic carbocycles. The van der Waals surface area contributed by atoms with Gasteiger partial charge in [0.25, 0.3) is 0 Å². The third kappa shape index (κ3) is 3.09. The second-order valence-electron chi connectivity index (χ2n) is 4.99. The van der Waals surface area contributed by atoms with Crippen molar-refractivity contribution in [3.63, 3.8) is 0 Å². The minimum Gasteiger partial charge on any atom is -0.396 e.